The monoisotopic (exact) mass is 407 g/mol. The summed E-state index contributed by atoms with van der Waals surface area (Å²) < 4.78 is 51.7. The van der Waals surface area contributed by atoms with Crippen LogP contribution in [0.5, 0.6) is 5.75 Å². The molecule has 1 unspecified atom stereocenters. The highest BCUT2D eigenvalue weighted by Crippen LogP contribution is 2.27. The number of rotatable bonds is 4. The summed E-state index contributed by atoms with van der Waals surface area (Å²) in [6.07, 6.45) is -4.35. The van der Waals surface area contributed by atoms with Crippen LogP contribution in [0, 0.1) is 5.82 Å². The van der Waals surface area contributed by atoms with Crippen molar-refractivity contribution in [3.8, 4) is 5.75 Å². The Labute approximate surface area is 160 Å². The van der Waals surface area contributed by atoms with E-state index in [4.69, 9.17) is 0 Å². The van der Waals surface area contributed by atoms with Gasteiger partial charge in [-0.15, -0.1) is 0 Å². The van der Waals surface area contributed by atoms with Gasteiger partial charge in [-0.05, 0) is 23.3 Å². The molecule has 3 rings (SSSR count). The van der Waals surface area contributed by atoms with Gasteiger partial charge in [0.15, 0.2) is 11.6 Å². The predicted octanol–water partition coefficient (Wildman–Crippen LogP) is 3.15. The van der Waals surface area contributed by atoms with Crippen molar-refractivity contribution >= 4 is 5.91 Å². The number of halogens is 4. The lowest BCUT2D eigenvalue weighted by atomic mass is 9.98. The quantitative estimate of drug-likeness (QED) is 0.579. The Morgan fingerprint density at radius 3 is 2.38 bits per heavy atom. The number of hydrogen-bond donors (Lipinski definition) is 3. The van der Waals surface area contributed by atoms with Crippen LogP contribution in [0.1, 0.15) is 33.4 Å². The van der Waals surface area contributed by atoms with Crippen LogP contribution in [0.2, 0.25) is 0 Å². The molecule has 29 heavy (non-hydrogen) atoms. The van der Waals surface area contributed by atoms with Crippen LogP contribution in [0.25, 0.3) is 0 Å². The Kier molecular flexibility index (Phi) is 5.35. The number of alkyl halides is 3. The first-order valence-corrected chi connectivity index (χ1v) is 8.17. The largest absolute Gasteiger partial charge is 0.505 e. The van der Waals surface area contributed by atoms with E-state index >= 15 is 0 Å². The molecule has 0 saturated heterocycles. The lowest BCUT2D eigenvalue weighted by molar-refractivity contribution is -0.145. The lowest BCUT2D eigenvalue weighted by Crippen LogP contribution is -2.34. The van der Waals surface area contributed by atoms with Crippen LogP contribution in [-0.2, 0) is 6.18 Å². The molecule has 0 aliphatic rings. The molecule has 150 valence electrons. The fourth-order valence-corrected chi connectivity index (χ4v) is 2.62. The maximum atomic E-state index is 13.8. The molecule has 1 heterocycles. The van der Waals surface area contributed by atoms with E-state index in [1.807, 2.05) is 0 Å². The first kappa shape index (κ1) is 20.1. The van der Waals surface area contributed by atoms with Gasteiger partial charge < -0.3 is 15.4 Å². The molecule has 0 spiro atoms. The average molecular weight is 407 g/mol. The molecule has 1 aromatic heterocycles. The van der Waals surface area contributed by atoms with E-state index < -0.39 is 46.6 Å². The zero-order valence-corrected chi connectivity index (χ0v) is 14.5. The normalized spacial score (nSPS) is 12.4. The van der Waals surface area contributed by atoms with E-state index in [-0.39, 0.29) is 5.56 Å². The molecule has 0 saturated carbocycles. The van der Waals surface area contributed by atoms with Gasteiger partial charge in [-0.2, -0.15) is 13.2 Å². The third-order valence-corrected chi connectivity index (χ3v) is 4.03. The van der Waals surface area contributed by atoms with Gasteiger partial charge in [0.2, 0.25) is 5.82 Å². The van der Waals surface area contributed by atoms with Gasteiger partial charge in [0.1, 0.15) is 5.56 Å². The van der Waals surface area contributed by atoms with E-state index in [0.29, 0.717) is 11.8 Å². The zero-order chi connectivity index (χ0) is 21.2. The average Bonchev–Trinajstić information content (AvgIpc) is 2.68. The highest BCUT2D eigenvalue weighted by molar-refractivity contribution is 5.94. The standard InChI is InChI=1S/C19H13F4N3O3/c20-13-8-11(6-7-14(13)27)15(10-4-2-1-3-5-10)25-16(28)12-9-24-18(19(21,22)23)26-17(12)29/h1-9,15,27H,(H,25,28)(H,24,26,29). The Hall–Kier alpha value is -3.69. The number of nitrogens with one attached hydrogen (secondary N) is 2. The molecule has 0 aliphatic heterocycles. The molecular weight excluding hydrogens is 394 g/mol. The number of carbonyl (C=O) groups excluding carboxylic acids is 1. The van der Waals surface area contributed by atoms with Gasteiger partial charge in [0, 0.05) is 6.20 Å². The minimum absolute atomic E-state index is 0.246. The van der Waals surface area contributed by atoms with Crippen LogP contribution in [0.15, 0.2) is 59.5 Å². The SMILES string of the molecule is O=C(NC(c1ccccc1)c1ccc(O)c(F)c1)c1cnc(C(F)(F)F)[nH]c1=O. The van der Waals surface area contributed by atoms with Crippen molar-refractivity contribution < 1.29 is 27.5 Å². The van der Waals surface area contributed by atoms with Gasteiger partial charge in [-0.3, -0.25) is 9.59 Å². The summed E-state index contributed by atoms with van der Waals surface area (Å²) in [5.41, 5.74) is -1.15. The van der Waals surface area contributed by atoms with Gasteiger partial charge in [-0.25, -0.2) is 9.37 Å². The third-order valence-electron chi connectivity index (χ3n) is 4.03. The van der Waals surface area contributed by atoms with Crippen LogP contribution in [-0.4, -0.2) is 21.0 Å². The van der Waals surface area contributed by atoms with Crippen LogP contribution in [0.3, 0.4) is 0 Å². The highest BCUT2D eigenvalue weighted by Gasteiger charge is 2.34. The van der Waals surface area contributed by atoms with Gasteiger partial charge in [0.05, 0.1) is 6.04 Å². The van der Waals surface area contributed by atoms with Crippen molar-refractivity contribution in [1.82, 2.24) is 15.3 Å². The van der Waals surface area contributed by atoms with Crippen molar-refractivity contribution in [2.45, 2.75) is 12.2 Å². The number of aromatic amines is 1. The summed E-state index contributed by atoms with van der Waals surface area (Å²) in [4.78, 5) is 29.1. The second-order valence-electron chi connectivity index (χ2n) is 6.00. The molecule has 1 atom stereocenters. The number of aromatic nitrogens is 2. The molecule has 3 N–H and O–H groups in total. The van der Waals surface area contributed by atoms with E-state index in [9.17, 15) is 32.3 Å². The molecule has 6 nitrogen and oxygen atoms in total. The molecule has 0 bridgehead atoms. The number of phenols is 1. The number of benzene rings is 2. The molecular formula is C19H13F4N3O3. The summed E-state index contributed by atoms with van der Waals surface area (Å²) in [7, 11) is 0. The Morgan fingerprint density at radius 1 is 1.10 bits per heavy atom. The zero-order valence-electron chi connectivity index (χ0n) is 14.5. The van der Waals surface area contributed by atoms with Crippen molar-refractivity contribution in [2.75, 3.05) is 0 Å². The minimum Gasteiger partial charge on any atom is -0.505 e. The van der Waals surface area contributed by atoms with Crippen molar-refractivity contribution in [2.24, 2.45) is 0 Å². The number of nitrogens with zero attached hydrogens (tertiary/aromatic N) is 1. The first-order chi connectivity index (χ1) is 13.7. The lowest BCUT2D eigenvalue weighted by Gasteiger charge is -2.20. The maximum absolute atomic E-state index is 13.8. The Balaban J connectivity index is 1.97. The highest BCUT2D eigenvalue weighted by atomic mass is 19.4. The molecule has 2 aromatic carbocycles. The molecule has 3 aromatic rings. The summed E-state index contributed by atoms with van der Waals surface area (Å²) in [6.45, 7) is 0. The Bertz CT molecular complexity index is 1100. The Morgan fingerprint density at radius 2 is 1.79 bits per heavy atom. The third kappa shape index (κ3) is 4.42. The molecule has 0 aliphatic carbocycles. The molecule has 0 fully saturated rings. The van der Waals surface area contributed by atoms with Crippen molar-refractivity contribution in [3.05, 3.63) is 93.4 Å². The van der Waals surface area contributed by atoms with E-state index in [2.05, 4.69) is 10.3 Å². The van der Waals surface area contributed by atoms with Crippen LogP contribution >= 0.6 is 0 Å². The second kappa shape index (κ2) is 7.74. The summed E-state index contributed by atoms with van der Waals surface area (Å²) >= 11 is 0. The van der Waals surface area contributed by atoms with Crippen LogP contribution < -0.4 is 10.9 Å². The van der Waals surface area contributed by atoms with E-state index in [0.717, 1.165) is 12.1 Å². The second-order valence-corrected chi connectivity index (χ2v) is 6.00. The fraction of sp³-hybridized carbons (Fsp3) is 0.105. The topological polar surface area (TPSA) is 95.1 Å². The summed E-state index contributed by atoms with van der Waals surface area (Å²) in [5.74, 6) is -4.05. The predicted molar refractivity (Wildman–Crippen MR) is 93.7 cm³/mol. The molecule has 0 radical (unpaired) electrons. The smallest absolute Gasteiger partial charge is 0.449 e. The first-order valence-electron chi connectivity index (χ1n) is 8.17. The van der Waals surface area contributed by atoms with E-state index in [1.54, 1.807) is 30.3 Å². The minimum atomic E-state index is -4.87. The van der Waals surface area contributed by atoms with Crippen LogP contribution in [0.4, 0.5) is 17.6 Å². The number of amides is 1. The van der Waals surface area contributed by atoms with E-state index in [1.165, 1.54) is 11.1 Å². The summed E-state index contributed by atoms with van der Waals surface area (Å²) in [5, 5.41) is 11.9. The van der Waals surface area contributed by atoms with Crippen molar-refractivity contribution in [1.29, 1.82) is 0 Å². The number of carbonyl (C=O) groups is 1. The van der Waals surface area contributed by atoms with Gasteiger partial charge in [0.25, 0.3) is 11.5 Å². The molecule has 10 heteroatoms. The fourth-order valence-electron chi connectivity index (χ4n) is 2.62. The number of aromatic hydroxyl groups is 1. The number of hydrogen-bond acceptors (Lipinski definition) is 4. The number of H-pyrrole nitrogens is 1. The summed E-state index contributed by atoms with van der Waals surface area (Å²) in [6, 6.07) is 10.8. The van der Waals surface area contributed by atoms with Crippen molar-refractivity contribution in [3.63, 3.8) is 0 Å². The van der Waals surface area contributed by atoms with Gasteiger partial charge in [-0.1, -0.05) is 36.4 Å². The maximum Gasteiger partial charge on any atom is 0.449 e. The number of phenolic OH excluding ortho intramolecular Hbond substituents is 1. The molecule has 1 amide bonds. The van der Waals surface area contributed by atoms with Gasteiger partial charge >= 0.3 is 6.18 Å².